The molecule has 2 aromatic heterocycles. The van der Waals surface area contributed by atoms with Crippen LogP contribution in [0.25, 0.3) is 0 Å². The molecule has 0 aromatic carbocycles. The van der Waals surface area contributed by atoms with Gasteiger partial charge in [-0.05, 0) is 11.8 Å². The van der Waals surface area contributed by atoms with Crippen LogP contribution < -0.4 is 0 Å². The van der Waals surface area contributed by atoms with E-state index in [0.29, 0.717) is 19.0 Å². The first-order valence-corrected chi connectivity index (χ1v) is 6.55. The predicted molar refractivity (Wildman–Crippen MR) is 69.8 cm³/mol. The fourth-order valence-corrected chi connectivity index (χ4v) is 2.61. The third-order valence-corrected chi connectivity index (χ3v) is 3.45. The second-order valence-corrected chi connectivity index (χ2v) is 6.01. The first-order valence-electron chi connectivity index (χ1n) is 6.55. The van der Waals surface area contributed by atoms with Gasteiger partial charge in [-0.1, -0.05) is 19.0 Å². The van der Waals surface area contributed by atoms with Crippen molar-refractivity contribution in [2.24, 2.45) is 5.41 Å². The maximum Gasteiger partial charge on any atom is 0.295 e. The van der Waals surface area contributed by atoms with Crippen LogP contribution in [0, 0.1) is 12.3 Å². The van der Waals surface area contributed by atoms with Gasteiger partial charge in [-0.2, -0.15) is 10.1 Å². The zero-order valence-corrected chi connectivity index (χ0v) is 11.8. The quantitative estimate of drug-likeness (QED) is 0.848. The number of nitrogens with one attached hydrogen (secondary N) is 1. The molecule has 1 aliphatic rings. The molecule has 7 heteroatoms. The molecule has 0 aliphatic carbocycles. The van der Waals surface area contributed by atoms with Crippen LogP contribution in [-0.2, 0) is 13.0 Å². The average molecular weight is 275 g/mol. The van der Waals surface area contributed by atoms with E-state index < -0.39 is 0 Å². The molecule has 0 spiro atoms. The Kier molecular flexibility index (Phi) is 2.84. The summed E-state index contributed by atoms with van der Waals surface area (Å²) in [4.78, 5) is 18.3. The largest absolute Gasteiger partial charge is 0.339 e. The Morgan fingerprint density at radius 1 is 1.50 bits per heavy atom. The highest BCUT2D eigenvalue weighted by Gasteiger charge is 2.33. The van der Waals surface area contributed by atoms with Gasteiger partial charge in [0.15, 0.2) is 0 Å². The topological polar surface area (TPSA) is 87.9 Å². The van der Waals surface area contributed by atoms with Gasteiger partial charge in [-0.15, -0.1) is 0 Å². The number of rotatable bonds is 1. The van der Waals surface area contributed by atoms with Crippen LogP contribution in [0.2, 0.25) is 0 Å². The van der Waals surface area contributed by atoms with Crippen LogP contribution in [0.3, 0.4) is 0 Å². The van der Waals surface area contributed by atoms with Crippen molar-refractivity contribution < 1.29 is 9.32 Å². The zero-order chi connectivity index (χ0) is 14.3. The van der Waals surface area contributed by atoms with Gasteiger partial charge in [0.2, 0.25) is 5.89 Å². The van der Waals surface area contributed by atoms with Crippen molar-refractivity contribution in [2.45, 2.75) is 33.7 Å². The minimum absolute atomic E-state index is 0.0355. The van der Waals surface area contributed by atoms with Crippen LogP contribution >= 0.6 is 0 Å². The molecule has 1 amide bonds. The maximum atomic E-state index is 12.5. The van der Waals surface area contributed by atoms with Gasteiger partial charge in [-0.3, -0.25) is 9.89 Å². The monoisotopic (exact) mass is 275 g/mol. The molecule has 7 nitrogen and oxygen atoms in total. The first kappa shape index (κ1) is 12.8. The third-order valence-electron chi connectivity index (χ3n) is 3.45. The number of fused-ring (bicyclic) bond motifs is 1. The molecule has 0 fully saturated rings. The molecule has 3 rings (SSSR count). The SMILES string of the molecule is Cc1nc(C(=O)N2Cc3cn[nH]c3CC(C)(C)C2)no1. The summed E-state index contributed by atoms with van der Waals surface area (Å²) in [5.74, 6) is 0.306. The predicted octanol–water partition coefficient (Wildman–Crippen LogP) is 1.33. The molecular weight excluding hydrogens is 258 g/mol. The molecule has 0 radical (unpaired) electrons. The minimum Gasteiger partial charge on any atom is -0.339 e. The number of aryl methyl sites for hydroxylation is 1. The van der Waals surface area contributed by atoms with Gasteiger partial charge in [0.1, 0.15) is 0 Å². The first-order chi connectivity index (χ1) is 9.44. The van der Waals surface area contributed by atoms with E-state index >= 15 is 0 Å². The van der Waals surface area contributed by atoms with Gasteiger partial charge in [0.25, 0.3) is 11.7 Å². The molecule has 0 saturated carbocycles. The van der Waals surface area contributed by atoms with Crippen molar-refractivity contribution >= 4 is 5.91 Å². The normalized spacial score (nSPS) is 17.6. The van der Waals surface area contributed by atoms with Crippen molar-refractivity contribution in [3.63, 3.8) is 0 Å². The second kappa shape index (κ2) is 4.43. The molecule has 0 saturated heterocycles. The number of carbonyl (C=O) groups excluding carboxylic acids is 1. The van der Waals surface area contributed by atoms with E-state index in [-0.39, 0.29) is 17.1 Å². The highest BCUT2D eigenvalue weighted by Crippen LogP contribution is 2.29. The van der Waals surface area contributed by atoms with Gasteiger partial charge in [0.05, 0.1) is 6.20 Å². The van der Waals surface area contributed by atoms with E-state index in [1.54, 1.807) is 18.0 Å². The fraction of sp³-hybridized carbons (Fsp3) is 0.538. The number of H-pyrrole nitrogens is 1. The Morgan fingerprint density at radius 3 is 3.00 bits per heavy atom. The van der Waals surface area contributed by atoms with Crippen LogP contribution in [-0.4, -0.2) is 37.7 Å². The second-order valence-electron chi connectivity index (χ2n) is 6.01. The zero-order valence-electron chi connectivity index (χ0n) is 11.8. The van der Waals surface area contributed by atoms with Crippen molar-refractivity contribution in [3.8, 4) is 0 Å². The van der Waals surface area contributed by atoms with E-state index in [1.165, 1.54) is 0 Å². The summed E-state index contributed by atoms with van der Waals surface area (Å²) < 4.78 is 4.89. The van der Waals surface area contributed by atoms with E-state index in [1.807, 2.05) is 0 Å². The molecule has 20 heavy (non-hydrogen) atoms. The lowest BCUT2D eigenvalue weighted by Crippen LogP contribution is -2.38. The van der Waals surface area contributed by atoms with Crippen LogP contribution in [0.15, 0.2) is 10.7 Å². The molecule has 1 aliphatic heterocycles. The number of hydrogen-bond donors (Lipinski definition) is 1. The van der Waals surface area contributed by atoms with Gasteiger partial charge in [0, 0.05) is 31.3 Å². The molecule has 2 aromatic rings. The van der Waals surface area contributed by atoms with Gasteiger partial charge in [-0.25, -0.2) is 0 Å². The lowest BCUT2D eigenvalue weighted by atomic mass is 9.88. The number of hydrogen-bond acceptors (Lipinski definition) is 5. The van der Waals surface area contributed by atoms with Crippen molar-refractivity contribution in [1.82, 2.24) is 25.2 Å². The minimum atomic E-state index is -0.205. The van der Waals surface area contributed by atoms with E-state index in [2.05, 4.69) is 34.2 Å². The van der Waals surface area contributed by atoms with Crippen molar-refractivity contribution in [2.75, 3.05) is 6.54 Å². The number of aromatic amines is 1. The smallest absolute Gasteiger partial charge is 0.295 e. The Balaban J connectivity index is 1.91. The van der Waals surface area contributed by atoms with Crippen molar-refractivity contribution in [3.05, 3.63) is 29.2 Å². The summed E-state index contributed by atoms with van der Waals surface area (Å²) in [5, 5.41) is 10.8. The molecular formula is C13H17N5O2. The van der Waals surface area contributed by atoms with E-state index in [9.17, 15) is 4.79 Å². The highest BCUT2D eigenvalue weighted by atomic mass is 16.5. The number of amides is 1. The summed E-state index contributed by atoms with van der Waals surface area (Å²) in [6.45, 7) is 7.09. The van der Waals surface area contributed by atoms with Crippen molar-refractivity contribution in [1.29, 1.82) is 0 Å². The van der Waals surface area contributed by atoms with Crippen LogP contribution in [0.5, 0.6) is 0 Å². The summed E-state index contributed by atoms with van der Waals surface area (Å²) in [6.07, 6.45) is 2.63. The lowest BCUT2D eigenvalue weighted by Gasteiger charge is -2.28. The molecule has 0 unspecified atom stereocenters. The maximum absolute atomic E-state index is 12.5. The summed E-state index contributed by atoms with van der Waals surface area (Å²) in [7, 11) is 0. The molecule has 106 valence electrons. The fourth-order valence-electron chi connectivity index (χ4n) is 2.61. The molecule has 3 heterocycles. The Labute approximate surface area is 116 Å². The van der Waals surface area contributed by atoms with E-state index in [0.717, 1.165) is 17.7 Å². The molecule has 0 bridgehead atoms. The molecule has 1 N–H and O–H groups in total. The number of aromatic nitrogens is 4. The van der Waals surface area contributed by atoms with Gasteiger partial charge >= 0.3 is 0 Å². The summed E-state index contributed by atoms with van der Waals surface area (Å²) in [5.41, 5.74) is 2.10. The van der Waals surface area contributed by atoms with Crippen LogP contribution in [0.1, 0.15) is 41.6 Å². The average Bonchev–Trinajstić information content (AvgIpc) is 2.94. The summed E-state index contributed by atoms with van der Waals surface area (Å²) in [6, 6.07) is 0. The number of carbonyl (C=O) groups is 1. The summed E-state index contributed by atoms with van der Waals surface area (Å²) >= 11 is 0. The third kappa shape index (κ3) is 2.31. The highest BCUT2D eigenvalue weighted by molar-refractivity contribution is 5.90. The van der Waals surface area contributed by atoms with E-state index in [4.69, 9.17) is 4.52 Å². The van der Waals surface area contributed by atoms with Crippen LogP contribution in [0.4, 0.5) is 0 Å². The standard InChI is InChI=1S/C13H17N5O2/c1-8-15-11(17-20-8)12(19)18-6-9-5-14-16-10(9)4-13(2,3)7-18/h5H,4,6-7H2,1-3H3,(H,14,16). The molecule has 0 atom stereocenters. The number of nitrogens with zero attached hydrogens (tertiary/aromatic N) is 4. The Morgan fingerprint density at radius 2 is 2.30 bits per heavy atom. The Hall–Kier alpha value is -2.18. The Bertz CT molecular complexity index is 643. The van der Waals surface area contributed by atoms with Gasteiger partial charge < -0.3 is 9.42 Å². The lowest BCUT2D eigenvalue weighted by molar-refractivity contribution is 0.0664.